The Labute approximate surface area is 165 Å². The predicted octanol–water partition coefficient (Wildman–Crippen LogP) is 4.73. The minimum absolute atomic E-state index is 0.0171. The average Bonchev–Trinajstić information content (AvgIpc) is 2.88. The average molecular weight is 373 g/mol. The van der Waals surface area contributed by atoms with Crippen LogP contribution in [-0.4, -0.2) is 19.6 Å². The first-order valence-electron chi connectivity index (χ1n) is 9.35. The zero-order valence-corrected chi connectivity index (χ0v) is 16.1. The van der Waals surface area contributed by atoms with E-state index >= 15 is 0 Å². The molecule has 0 aliphatic carbocycles. The number of carbonyl (C=O) groups excluding carboxylic acids is 1. The molecule has 0 bridgehead atoms. The first-order valence-corrected chi connectivity index (χ1v) is 9.35. The summed E-state index contributed by atoms with van der Waals surface area (Å²) in [6.45, 7) is 3.12. The van der Waals surface area contributed by atoms with Crippen LogP contribution in [0, 0.1) is 6.92 Å². The first kappa shape index (κ1) is 18.3. The van der Waals surface area contributed by atoms with Crippen molar-refractivity contribution >= 4 is 11.6 Å². The van der Waals surface area contributed by atoms with Gasteiger partial charge in [-0.3, -0.25) is 4.79 Å². The van der Waals surface area contributed by atoms with Crippen LogP contribution >= 0.6 is 0 Å². The summed E-state index contributed by atoms with van der Waals surface area (Å²) >= 11 is 0. The highest BCUT2D eigenvalue weighted by Gasteiger charge is 2.23. The molecule has 142 valence electrons. The van der Waals surface area contributed by atoms with E-state index in [2.05, 4.69) is 43.3 Å². The van der Waals surface area contributed by atoms with E-state index in [1.807, 2.05) is 35.2 Å². The Balaban J connectivity index is 1.67. The number of hydrogen-bond acceptors (Lipinski definition) is 3. The fraction of sp³-hybridized carbons (Fsp3) is 0.208. The third-order valence-corrected chi connectivity index (χ3v) is 5.04. The molecule has 0 aromatic heterocycles. The second-order valence-corrected chi connectivity index (χ2v) is 7.03. The maximum atomic E-state index is 12.7. The maximum absolute atomic E-state index is 12.7. The van der Waals surface area contributed by atoms with Gasteiger partial charge >= 0.3 is 0 Å². The smallest absolute Gasteiger partial charge is 0.253 e. The molecule has 0 saturated heterocycles. The van der Waals surface area contributed by atoms with Gasteiger partial charge in [0.2, 0.25) is 0 Å². The fourth-order valence-corrected chi connectivity index (χ4v) is 3.44. The number of ether oxygens (including phenoxy) is 2. The van der Waals surface area contributed by atoms with Crippen LogP contribution in [0.5, 0.6) is 5.75 Å². The number of carbonyl (C=O) groups is 1. The molecule has 1 amide bonds. The Hall–Kier alpha value is -3.11. The van der Waals surface area contributed by atoms with E-state index in [-0.39, 0.29) is 12.5 Å². The Bertz CT molecular complexity index is 978. The van der Waals surface area contributed by atoms with Crippen LogP contribution < -0.4 is 9.64 Å². The zero-order valence-electron chi connectivity index (χ0n) is 16.1. The second-order valence-electron chi connectivity index (χ2n) is 7.03. The third-order valence-electron chi connectivity index (χ3n) is 5.04. The molecule has 0 unspecified atom stereocenters. The molecule has 4 heteroatoms. The number of amides is 1. The highest BCUT2D eigenvalue weighted by Crippen LogP contribution is 2.31. The molecule has 3 aromatic carbocycles. The van der Waals surface area contributed by atoms with Crippen LogP contribution in [0.3, 0.4) is 0 Å². The molecule has 0 atom stereocenters. The summed E-state index contributed by atoms with van der Waals surface area (Å²) in [6.07, 6.45) is 0. The summed E-state index contributed by atoms with van der Waals surface area (Å²) in [7, 11) is 1.66. The predicted molar refractivity (Wildman–Crippen MR) is 110 cm³/mol. The molecule has 1 heterocycles. The van der Waals surface area contributed by atoms with Crippen LogP contribution in [0.4, 0.5) is 5.69 Å². The largest absolute Gasteiger partial charge is 0.497 e. The summed E-state index contributed by atoms with van der Waals surface area (Å²) in [5.74, 6) is 0.813. The molecule has 0 spiro atoms. The summed E-state index contributed by atoms with van der Waals surface area (Å²) in [5, 5.41) is 0. The standard InChI is InChI=1S/C24H23NO3/c1-17-3-5-18(6-4-17)14-25-23-12-9-20(13-21(23)15-28-16-24(25)26)19-7-10-22(27-2)11-8-19/h3-13H,14-16H2,1-2H3. The van der Waals surface area contributed by atoms with E-state index < -0.39 is 0 Å². The lowest BCUT2D eigenvalue weighted by molar-refractivity contribution is -0.123. The molecule has 0 N–H and O–H groups in total. The normalized spacial score (nSPS) is 13.8. The van der Waals surface area contributed by atoms with Crippen molar-refractivity contribution in [3.63, 3.8) is 0 Å². The van der Waals surface area contributed by atoms with Gasteiger partial charge in [-0.25, -0.2) is 0 Å². The topological polar surface area (TPSA) is 38.8 Å². The van der Waals surface area contributed by atoms with Gasteiger partial charge in [0, 0.05) is 11.3 Å². The van der Waals surface area contributed by atoms with Crippen molar-refractivity contribution in [3.05, 3.63) is 83.4 Å². The number of rotatable bonds is 4. The van der Waals surface area contributed by atoms with Crippen molar-refractivity contribution in [1.29, 1.82) is 0 Å². The minimum atomic E-state index is -0.0171. The van der Waals surface area contributed by atoms with Crippen LogP contribution in [-0.2, 0) is 22.7 Å². The highest BCUT2D eigenvalue weighted by atomic mass is 16.5. The Kier molecular flexibility index (Phi) is 5.13. The maximum Gasteiger partial charge on any atom is 0.253 e. The Morgan fingerprint density at radius 1 is 0.929 bits per heavy atom. The molecular formula is C24H23NO3. The van der Waals surface area contributed by atoms with Crippen LogP contribution in [0.25, 0.3) is 11.1 Å². The van der Waals surface area contributed by atoms with Gasteiger partial charge in [0.05, 0.1) is 20.3 Å². The van der Waals surface area contributed by atoms with Crippen LogP contribution in [0.2, 0.25) is 0 Å². The van der Waals surface area contributed by atoms with Crippen molar-refractivity contribution in [3.8, 4) is 16.9 Å². The van der Waals surface area contributed by atoms with Gasteiger partial charge in [0.25, 0.3) is 5.91 Å². The molecular weight excluding hydrogens is 350 g/mol. The first-order chi connectivity index (χ1) is 13.6. The van der Waals surface area contributed by atoms with Gasteiger partial charge in [0.15, 0.2) is 0 Å². The molecule has 0 radical (unpaired) electrons. The van der Waals surface area contributed by atoms with E-state index in [0.29, 0.717) is 13.2 Å². The summed E-state index contributed by atoms with van der Waals surface area (Å²) in [6, 6.07) is 22.4. The van der Waals surface area contributed by atoms with E-state index in [1.165, 1.54) is 5.56 Å². The summed E-state index contributed by atoms with van der Waals surface area (Å²) in [5.41, 5.74) is 6.44. The highest BCUT2D eigenvalue weighted by molar-refractivity contribution is 5.96. The van der Waals surface area contributed by atoms with Crippen LogP contribution in [0.15, 0.2) is 66.7 Å². The van der Waals surface area contributed by atoms with Crippen molar-refractivity contribution in [1.82, 2.24) is 0 Å². The third kappa shape index (κ3) is 3.78. The van der Waals surface area contributed by atoms with Crippen molar-refractivity contribution in [2.24, 2.45) is 0 Å². The molecule has 1 aliphatic heterocycles. The monoisotopic (exact) mass is 373 g/mol. The van der Waals surface area contributed by atoms with Gasteiger partial charge < -0.3 is 14.4 Å². The van der Waals surface area contributed by atoms with E-state index in [4.69, 9.17) is 9.47 Å². The van der Waals surface area contributed by atoms with Gasteiger partial charge in [-0.2, -0.15) is 0 Å². The lowest BCUT2D eigenvalue weighted by Gasteiger charge is -2.23. The molecule has 0 saturated carbocycles. The van der Waals surface area contributed by atoms with E-state index in [1.54, 1.807) is 7.11 Å². The van der Waals surface area contributed by atoms with Crippen molar-refractivity contribution in [2.45, 2.75) is 20.1 Å². The number of benzene rings is 3. The number of methoxy groups -OCH3 is 1. The van der Waals surface area contributed by atoms with E-state index in [9.17, 15) is 4.79 Å². The fourth-order valence-electron chi connectivity index (χ4n) is 3.44. The molecule has 1 aliphatic rings. The molecule has 0 fully saturated rings. The quantitative estimate of drug-likeness (QED) is 0.663. The van der Waals surface area contributed by atoms with Gasteiger partial charge in [-0.05, 0) is 47.9 Å². The Morgan fingerprint density at radius 2 is 1.64 bits per heavy atom. The van der Waals surface area contributed by atoms with Gasteiger partial charge in [-0.15, -0.1) is 0 Å². The zero-order chi connectivity index (χ0) is 19.5. The van der Waals surface area contributed by atoms with Gasteiger partial charge in [-0.1, -0.05) is 48.0 Å². The van der Waals surface area contributed by atoms with Crippen LogP contribution in [0.1, 0.15) is 16.7 Å². The van der Waals surface area contributed by atoms with E-state index in [0.717, 1.165) is 33.7 Å². The second kappa shape index (κ2) is 7.87. The number of nitrogens with zero attached hydrogens (tertiary/aromatic N) is 1. The lowest BCUT2D eigenvalue weighted by Crippen LogP contribution is -2.32. The van der Waals surface area contributed by atoms with Gasteiger partial charge in [0.1, 0.15) is 12.4 Å². The molecule has 4 nitrogen and oxygen atoms in total. The molecule has 3 aromatic rings. The summed E-state index contributed by atoms with van der Waals surface area (Å²) in [4.78, 5) is 14.5. The molecule has 28 heavy (non-hydrogen) atoms. The number of fused-ring (bicyclic) bond motifs is 1. The van der Waals surface area contributed by atoms with Crippen molar-refractivity contribution < 1.29 is 14.3 Å². The number of anilines is 1. The summed E-state index contributed by atoms with van der Waals surface area (Å²) < 4.78 is 10.9. The lowest BCUT2D eigenvalue weighted by atomic mass is 10.0. The molecule has 4 rings (SSSR count). The van der Waals surface area contributed by atoms with Crippen molar-refractivity contribution in [2.75, 3.05) is 18.6 Å². The number of aryl methyl sites for hydroxylation is 1. The number of hydrogen-bond donors (Lipinski definition) is 0. The minimum Gasteiger partial charge on any atom is -0.497 e. The Morgan fingerprint density at radius 3 is 2.36 bits per heavy atom. The SMILES string of the molecule is COc1ccc(-c2ccc3c(c2)COCC(=O)N3Cc2ccc(C)cc2)cc1.